The van der Waals surface area contributed by atoms with Gasteiger partial charge in [0.1, 0.15) is 13.1 Å². The molecule has 2 saturated heterocycles. The number of amides is 5. The summed E-state index contributed by atoms with van der Waals surface area (Å²) in [6.45, 7) is 7.96. The predicted molar refractivity (Wildman–Crippen MR) is 211 cm³/mol. The SMILES string of the molecule is CC(C)(C)N(CC(=O)N1CCCN1c1ccc(Cl)cc1Br)C(=O)O.Nc1ccc(CNC(=O)NCC(=O)N2CCCN2c2ccc(Cl)cc2Br)cc1. The fraction of sp³-hybridized carbons (Fsp3) is 0.371. The highest BCUT2D eigenvalue weighted by atomic mass is 79.9. The molecule has 0 aliphatic carbocycles. The first kappa shape index (κ1) is 40.8. The van der Waals surface area contributed by atoms with Crippen LogP contribution in [0.4, 0.5) is 26.7 Å². The fourth-order valence-corrected chi connectivity index (χ4v) is 7.34. The Balaban J connectivity index is 0.000000236. The molecule has 0 unspecified atom stereocenters. The molecule has 0 spiro atoms. The van der Waals surface area contributed by atoms with Gasteiger partial charge in [-0.15, -0.1) is 0 Å². The molecule has 13 nitrogen and oxygen atoms in total. The Morgan fingerprint density at radius 2 is 1.29 bits per heavy atom. The summed E-state index contributed by atoms with van der Waals surface area (Å²) in [5.41, 5.74) is 8.28. The Bertz CT molecular complexity index is 1760. The minimum absolute atomic E-state index is 0.0880. The number of urea groups is 1. The first-order valence-electron chi connectivity index (χ1n) is 16.5. The van der Waals surface area contributed by atoms with Crippen LogP contribution in [-0.2, 0) is 16.1 Å². The molecule has 5 amide bonds. The van der Waals surface area contributed by atoms with Gasteiger partial charge in [0.15, 0.2) is 0 Å². The predicted octanol–water partition coefficient (Wildman–Crippen LogP) is 6.97. The Kier molecular flexibility index (Phi) is 14.3. The summed E-state index contributed by atoms with van der Waals surface area (Å²) in [5, 5.41) is 23.0. The molecule has 5 rings (SSSR count). The number of rotatable bonds is 8. The first-order chi connectivity index (χ1) is 24.5. The highest BCUT2D eigenvalue weighted by molar-refractivity contribution is 9.11. The summed E-state index contributed by atoms with van der Waals surface area (Å²) in [6.07, 6.45) is 0.572. The lowest BCUT2D eigenvalue weighted by atomic mass is 10.1. The van der Waals surface area contributed by atoms with Crippen LogP contribution in [0.1, 0.15) is 39.2 Å². The van der Waals surface area contributed by atoms with Crippen LogP contribution in [0.2, 0.25) is 10.0 Å². The molecule has 52 heavy (non-hydrogen) atoms. The van der Waals surface area contributed by atoms with Gasteiger partial charge in [0, 0.05) is 62.9 Å². The van der Waals surface area contributed by atoms with Crippen molar-refractivity contribution < 1.29 is 24.3 Å². The average molecular weight is 885 g/mol. The number of carbonyl (C=O) groups excluding carboxylic acids is 3. The van der Waals surface area contributed by atoms with Crippen molar-refractivity contribution in [3.63, 3.8) is 0 Å². The maximum absolute atomic E-state index is 12.7. The van der Waals surface area contributed by atoms with Crippen molar-refractivity contribution in [1.29, 1.82) is 0 Å². The number of carbonyl (C=O) groups is 4. The highest BCUT2D eigenvalue weighted by Crippen LogP contribution is 2.33. The van der Waals surface area contributed by atoms with Gasteiger partial charge >= 0.3 is 12.1 Å². The van der Waals surface area contributed by atoms with Gasteiger partial charge in [0.2, 0.25) is 0 Å². The van der Waals surface area contributed by atoms with Crippen molar-refractivity contribution in [2.75, 3.05) is 55.0 Å². The van der Waals surface area contributed by atoms with Gasteiger partial charge in [0.25, 0.3) is 11.8 Å². The monoisotopic (exact) mass is 882 g/mol. The van der Waals surface area contributed by atoms with E-state index < -0.39 is 17.7 Å². The van der Waals surface area contributed by atoms with E-state index >= 15 is 0 Å². The zero-order valence-corrected chi connectivity index (χ0v) is 33.7. The van der Waals surface area contributed by atoms with Gasteiger partial charge in [-0.05, 0) is 120 Å². The number of nitrogens with two attached hydrogens (primary N) is 1. The van der Waals surface area contributed by atoms with E-state index in [4.69, 9.17) is 28.9 Å². The summed E-state index contributed by atoms with van der Waals surface area (Å²) in [6, 6.07) is 17.7. The third-order valence-corrected chi connectivity index (χ3v) is 9.92. The van der Waals surface area contributed by atoms with Crippen LogP contribution in [0.15, 0.2) is 69.6 Å². The van der Waals surface area contributed by atoms with Gasteiger partial charge in [-0.1, -0.05) is 35.3 Å². The zero-order valence-electron chi connectivity index (χ0n) is 29.0. The second-order valence-corrected chi connectivity index (χ2v) is 15.6. The molecule has 2 aliphatic rings. The maximum Gasteiger partial charge on any atom is 0.408 e. The van der Waals surface area contributed by atoms with E-state index in [1.807, 2.05) is 34.3 Å². The summed E-state index contributed by atoms with van der Waals surface area (Å²) in [4.78, 5) is 49.9. The number of halogens is 4. The molecule has 0 atom stereocenters. The molecule has 2 aliphatic heterocycles. The summed E-state index contributed by atoms with van der Waals surface area (Å²) < 4.78 is 1.61. The van der Waals surface area contributed by atoms with Crippen molar-refractivity contribution in [3.8, 4) is 0 Å². The second kappa shape index (κ2) is 18.2. The minimum Gasteiger partial charge on any atom is -0.465 e. The molecule has 0 radical (unpaired) electrons. The van der Waals surface area contributed by atoms with Crippen LogP contribution >= 0.6 is 55.1 Å². The molecule has 2 heterocycles. The van der Waals surface area contributed by atoms with Crippen LogP contribution < -0.4 is 26.4 Å². The summed E-state index contributed by atoms with van der Waals surface area (Å²) in [5.74, 6) is -0.423. The number of nitrogens with one attached hydrogen (secondary N) is 2. The van der Waals surface area contributed by atoms with Gasteiger partial charge in [0.05, 0.1) is 11.4 Å². The lowest BCUT2D eigenvalue weighted by Gasteiger charge is -2.36. The van der Waals surface area contributed by atoms with Crippen molar-refractivity contribution >= 4 is 96.1 Å². The number of anilines is 3. The normalized spacial score (nSPS) is 14.1. The van der Waals surface area contributed by atoms with E-state index in [9.17, 15) is 24.3 Å². The zero-order chi connectivity index (χ0) is 38.2. The van der Waals surface area contributed by atoms with Crippen LogP contribution in [0.3, 0.4) is 0 Å². The Morgan fingerprint density at radius 1 is 0.788 bits per heavy atom. The van der Waals surface area contributed by atoms with Gasteiger partial charge < -0.3 is 21.5 Å². The van der Waals surface area contributed by atoms with Gasteiger partial charge in [-0.2, -0.15) is 0 Å². The number of hydrogen-bond donors (Lipinski definition) is 4. The molecule has 0 saturated carbocycles. The number of benzene rings is 3. The molecule has 2 fully saturated rings. The number of carboxylic acid groups (broad SMARTS) is 1. The van der Waals surface area contributed by atoms with E-state index in [1.165, 1.54) is 0 Å². The molecular weight excluding hydrogens is 843 g/mol. The molecule has 0 aromatic heterocycles. The largest absolute Gasteiger partial charge is 0.465 e. The third kappa shape index (κ3) is 11.0. The Hall–Kier alpha value is -3.92. The van der Waals surface area contributed by atoms with Crippen molar-refractivity contribution in [2.45, 2.75) is 45.7 Å². The second-order valence-electron chi connectivity index (χ2n) is 13.0. The molecular formula is C35H42Br2Cl2N8O5. The number of nitrogens with zero attached hydrogens (tertiary/aromatic N) is 5. The van der Waals surface area contributed by atoms with E-state index in [2.05, 4.69) is 42.5 Å². The maximum atomic E-state index is 12.7. The molecule has 17 heteroatoms. The van der Waals surface area contributed by atoms with Crippen molar-refractivity contribution in [2.24, 2.45) is 0 Å². The van der Waals surface area contributed by atoms with E-state index in [1.54, 1.807) is 67.2 Å². The smallest absolute Gasteiger partial charge is 0.408 e. The Morgan fingerprint density at radius 3 is 1.75 bits per heavy atom. The Labute approximate surface area is 330 Å². The van der Waals surface area contributed by atoms with Crippen LogP contribution in [0.25, 0.3) is 0 Å². The van der Waals surface area contributed by atoms with Crippen LogP contribution in [0.5, 0.6) is 0 Å². The van der Waals surface area contributed by atoms with Crippen LogP contribution in [0, 0.1) is 0 Å². The highest BCUT2D eigenvalue weighted by Gasteiger charge is 2.34. The summed E-state index contributed by atoms with van der Waals surface area (Å²) >= 11 is 18.9. The quantitative estimate of drug-likeness (QED) is 0.177. The summed E-state index contributed by atoms with van der Waals surface area (Å²) in [7, 11) is 0. The molecule has 3 aromatic carbocycles. The lowest BCUT2D eigenvalue weighted by Crippen LogP contribution is -2.52. The van der Waals surface area contributed by atoms with Crippen molar-refractivity contribution in [3.05, 3.63) is 85.2 Å². The first-order valence-corrected chi connectivity index (χ1v) is 18.8. The fourth-order valence-electron chi connectivity index (χ4n) is 5.56. The average Bonchev–Trinajstić information content (AvgIpc) is 3.76. The number of hydrogen-bond acceptors (Lipinski definition) is 7. The van der Waals surface area contributed by atoms with Gasteiger partial charge in [-0.25, -0.2) is 9.59 Å². The lowest BCUT2D eigenvalue weighted by molar-refractivity contribution is -0.132. The molecule has 5 N–H and O–H groups in total. The van der Waals surface area contributed by atoms with Gasteiger partial charge in [-0.3, -0.25) is 34.5 Å². The number of nitrogen functional groups attached to an aromatic ring is 1. The molecule has 3 aromatic rings. The molecule has 280 valence electrons. The van der Waals surface area contributed by atoms with Crippen LogP contribution in [-0.4, -0.2) is 88.8 Å². The van der Waals surface area contributed by atoms with E-state index in [-0.39, 0.29) is 24.9 Å². The van der Waals surface area contributed by atoms with E-state index in [0.29, 0.717) is 41.9 Å². The third-order valence-electron chi connectivity index (χ3n) is 8.18. The number of hydrazine groups is 2. The topological polar surface area (TPSA) is 155 Å². The molecule has 0 bridgehead atoms. The minimum atomic E-state index is -1.10. The van der Waals surface area contributed by atoms with Crippen molar-refractivity contribution in [1.82, 2.24) is 25.6 Å². The standard InChI is InChI=1S/C19H21BrClN5O2.C16H21BrClN3O3/c20-16-10-14(21)4-7-17(16)25-8-1-9-26(25)18(27)12-24-19(28)23-11-13-2-5-15(22)6-3-13;1-16(2,3)19(15(23)24)10-14(22)21-8-4-7-20(21)13-6-5-11(18)9-12(13)17/h2-7,10H,1,8-9,11-12,22H2,(H2,23,24,28);5-6,9H,4,7-8,10H2,1-3H3,(H,23,24). The van der Waals surface area contributed by atoms with E-state index in [0.717, 1.165) is 50.2 Å².